The SMILES string of the molecule is CCC(C)(OC)C(=O)N1CC(CO)C1. The van der Waals surface area contributed by atoms with Crippen LogP contribution in [0.5, 0.6) is 0 Å². The van der Waals surface area contributed by atoms with Crippen molar-refractivity contribution in [2.45, 2.75) is 25.9 Å². The lowest BCUT2D eigenvalue weighted by atomic mass is 9.95. The second-order valence-corrected chi connectivity index (χ2v) is 4.05. The molecular weight excluding hydrogens is 182 g/mol. The van der Waals surface area contributed by atoms with Gasteiger partial charge in [0.15, 0.2) is 0 Å². The van der Waals surface area contributed by atoms with E-state index in [1.54, 1.807) is 12.0 Å². The molecule has 82 valence electrons. The Labute approximate surface area is 84.8 Å². The molecule has 0 bridgehead atoms. The number of ether oxygens (including phenoxy) is 1. The molecule has 1 unspecified atom stereocenters. The van der Waals surface area contributed by atoms with Crippen molar-refractivity contribution in [3.8, 4) is 0 Å². The third-order valence-electron chi connectivity index (χ3n) is 3.08. The molecule has 0 aromatic heterocycles. The lowest BCUT2D eigenvalue weighted by Gasteiger charge is -2.42. The summed E-state index contributed by atoms with van der Waals surface area (Å²) in [5, 5.41) is 8.83. The van der Waals surface area contributed by atoms with Crippen LogP contribution in [0.2, 0.25) is 0 Å². The minimum Gasteiger partial charge on any atom is -0.396 e. The molecule has 0 saturated carbocycles. The molecule has 1 aliphatic heterocycles. The van der Waals surface area contributed by atoms with Gasteiger partial charge in [-0.2, -0.15) is 0 Å². The summed E-state index contributed by atoms with van der Waals surface area (Å²) in [7, 11) is 1.56. The zero-order chi connectivity index (χ0) is 10.8. The molecule has 0 aromatic rings. The fourth-order valence-corrected chi connectivity index (χ4v) is 1.57. The standard InChI is InChI=1S/C10H19NO3/c1-4-10(2,14-3)9(13)11-5-8(6-11)7-12/h8,12H,4-7H2,1-3H3. The van der Waals surface area contributed by atoms with Gasteiger partial charge in [-0.15, -0.1) is 0 Å². The lowest BCUT2D eigenvalue weighted by Crippen LogP contribution is -2.58. The molecule has 1 fully saturated rings. The summed E-state index contributed by atoms with van der Waals surface area (Å²) in [6.45, 7) is 5.23. The number of methoxy groups -OCH3 is 1. The van der Waals surface area contributed by atoms with E-state index in [1.807, 2.05) is 13.8 Å². The van der Waals surface area contributed by atoms with Crippen molar-refractivity contribution in [2.24, 2.45) is 5.92 Å². The summed E-state index contributed by atoms with van der Waals surface area (Å²) in [5.74, 6) is 0.295. The molecule has 0 radical (unpaired) electrons. The topological polar surface area (TPSA) is 49.8 Å². The van der Waals surface area contributed by atoms with Crippen LogP contribution >= 0.6 is 0 Å². The van der Waals surface area contributed by atoms with Crippen molar-refractivity contribution >= 4 is 5.91 Å². The van der Waals surface area contributed by atoms with E-state index in [4.69, 9.17) is 9.84 Å². The highest BCUT2D eigenvalue weighted by Crippen LogP contribution is 2.23. The van der Waals surface area contributed by atoms with Crippen molar-refractivity contribution in [1.29, 1.82) is 0 Å². The quantitative estimate of drug-likeness (QED) is 0.709. The molecule has 1 rings (SSSR count). The van der Waals surface area contributed by atoms with E-state index in [1.165, 1.54) is 0 Å². The summed E-state index contributed by atoms with van der Waals surface area (Å²) >= 11 is 0. The minimum atomic E-state index is -0.694. The first-order valence-corrected chi connectivity index (χ1v) is 5.02. The molecule has 1 saturated heterocycles. The van der Waals surface area contributed by atoms with Gasteiger partial charge in [0.2, 0.25) is 0 Å². The van der Waals surface area contributed by atoms with Crippen molar-refractivity contribution < 1.29 is 14.6 Å². The average molecular weight is 201 g/mol. The normalized spacial score (nSPS) is 21.6. The number of nitrogens with zero attached hydrogens (tertiary/aromatic N) is 1. The van der Waals surface area contributed by atoms with Gasteiger partial charge in [0.25, 0.3) is 5.91 Å². The van der Waals surface area contributed by atoms with Crippen molar-refractivity contribution in [3.63, 3.8) is 0 Å². The molecule has 1 amide bonds. The number of amides is 1. The number of aliphatic hydroxyl groups is 1. The predicted molar refractivity (Wildman–Crippen MR) is 52.9 cm³/mol. The molecular formula is C10H19NO3. The van der Waals surface area contributed by atoms with Gasteiger partial charge in [0.1, 0.15) is 5.60 Å². The van der Waals surface area contributed by atoms with Crippen LogP contribution in [0.15, 0.2) is 0 Å². The van der Waals surface area contributed by atoms with E-state index in [2.05, 4.69) is 0 Å². The molecule has 14 heavy (non-hydrogen) atoms. The number of aliphatic hydroxyl groups excluding tert-OH is 1. The third-order valence-corrected chi connectivity index (χ3v) is 3.08. The third kappa shape index (κ3) is 1.91. The van der Waals surface area contributed by atoms with Crippen LogP contribution in [0.1, 0.15) is 20.3 Å². The van der Waals surface area contributed by atoms with Crippen LogP contribution in [0, 0.1) is 5.92 Å². The van der Waals surface area contributed by atoms with Gasteiger partial charge in [-0.1, -0.05) is 6.92 Å². The first-order chi connectivity index (χ1) is 6.57. The summed E-state index contributed by atoms with van der Waals surface area (Å²) < 4.78 is 5.22. The van der Waals surface area contributed by atoms with Crippen LogP contribution in [0.4, 0.5) is 0 Å². The van der Waals surface area contributed by atoms with E-state index in [0.29, 0.717) is 19.5 Å². The molecule has 0 aromatic carbocycles. The zero-order valence-corrected chi connectivity index (χ0v) is 9.12. The summed E-state index contributed by atoms with van der Waals surface area (Å²) in [5.41, 5.74) is -0.694. The van der Waals surface area contributed by atoms with Crippen LogP contribution < -0.4 is 0 Å². The fraction of sp³-hybridized carbons (Fsp3) is 0.900. The van der Waals surface area contributed by atoms with E-state index >= 15 is 0 Å². The number of hydrogen-bond acceptors (Lipinski definition) is 3. The highest BCUT2D eigenvalue weighted by atomic mass is 16.5. The minimum absolute atomic E-state index is 0.0344. The largest absolute Gasteiger partial charge is 0.396 e. The van der Waals surface area contributed by atoms with Crippen LogP contribution in [-0.4, -0.2) is 48.3 Å². The Balaban J connectivity index is 2.50. The van der Waals surface area contributed by atoms with E-state index in [9.17, 15) is 4.79 Å². The number of carbonyl (C=O) groups excluding carboxylic acids is 1. The second kappa shape index (κ2) is 4.28. The highest BCUT2D eigenvalue weighted by Gasteiger charge is 2.40. The summed E-state index contributed by atoms with van der Waals surface area (Å²) in [6.07, 6.45) is 0.669. The monoisotopic (exact) mass is 201 g/mol. The van der Waals surface area contributed by atoms with Crippen LogP contribution in [-0.2, 0) is 9.53 Å². The van der Waals surface area contributed by atoms with E-state index < -0.39 is 5.60 Å². The maximum absolute atomic E-state index is 11.9. The van der Waals surface area contributed by atoms with E-state index in [-0.39, 0.29) is 18.4 Å². The first kappa shape index (κ1) is 11.5. The Kier molecular flexibility index (Phi) is 3.50. The molecule has 0 aliphatic carbocycles. The summed E-state index contributed by atoms with van der Waals surface area (Å²) in [4.78, 5) is 13.6. The van der Waals surface area contributed by atoms with Crippen LogP contribution in [0.25, 0.3) is 0 Å². The Morgan fingerprint density at radius 3 is 2.57 bits per heavy atom. The van der Waals surface area contributed by atoms with Gasteiger partial charge in [-0.3, -0.25) is 4.79 Å². The van der Waals surface area contributed by atoms with Crippen molar-refractivity contribution in [1.82, 2.24) is 4.90 Å². The number of carbonyl (C=O) groups is 1. The number of hydrogen-bond donors (Lipinski definition) is 1. The molecule has 4 heteroatoms. The molecule has 1 aliphatic rings. The summed E-state index contributed by atoms with van der Waals surface area (Å²) in [6, 6.07) is 0. The van der Waals surface area contributed by atoms with Crippen molar-refractivity contribution in [3.05, 3.63) is 0 Å². The van der Waals surface area contributed by atoms with Gasteiger partial charge in [-0.05, 0) is 13.3 Å². The van der Waals surface area contributed by atoms with Gasteiger partial charge in [0, 0.05) is 32.7 Å². The second-order valence-electron chi connectivity index (χ2n) is 4.05. The molecule has 1 heterocycles. The van der Waals surface area contributed by atoms with Gasteiger partial charge in [0.05, 0.1) is 0 Å². The highest BCUT2D eigenvalue weighted by molar-refractivity contribution is 5.85. The Morgan fingerprint density at radius 2 is 2.21 bits per heavy atom. The molecule has 1 N–H and O–H groups in total. The van der Waals surface area contributed by atoms with Crippen LogP contribution in [0.3, 0.4) is 0 Å². The Bertz CT molecular complexity index is 207. The Morgan fingerprint density at radius 1 is 1.64 bits per heavy atom. The number of rotatable bonds is 4. The molecule has 1 atom stereocenters. The van der Waals surface area contributed by atoms with Gasteiger partial charge < -0.3 is 14.7 Å². The zero-order valence-electron chi connectivity index (χ0n) is 9.12. The van der Waals surface area contributed by atoms with Gasteiger partial charge in [-0.25, -0.2) is 0 Å². The number of likely N-dealkylation sites (tertiary alicyclic amines) is 1. The molecule has 4 nitrogen and oxygen atoms in total. The smallest absolute Gasteiger partial charge is 0.254 e. The first-order valence-electron chi connectivity index (χ1n) is 5.02. The van der Waals surface area contributed by atoms with Gasteiger partial charge >= 0.3 is 0 Å². The maximum Gasteiger partial charge on any atom is 0.254 e. The predicted octanol–water partition coefficient (Wildman–Crippen LogP) is 0.252. The molecule has 0 spiro atoms. The Hall–Kier alpha value is -0.610. The van der Waals surface area contributed by atoms with E-state index in [0.717, 1.165) is 0 Å². The maximum atomic E-state index is 11.9. The average Bonchev–Trinajstić information content (AvgIpc) is 2.15. The fourth-order valence-electron chi connectivity index (χ4n) is 1.57. The van der Waals surface area contributed by atoms with Crippen molar-refractivity contribution in [2.75, 3.05) is 26.8 Å². The lowest BCUT2D eigenvalue weighted by molar-refractivity contribution is -0.160.